The number of methoxy groups -OCH3 is 1. The fourth-order valence-electron chi connectivity index (χ4n) is 1.74. The summed E-state index contributed by atoms with van der Waals surface area (Å²) in [5.41, 5.74) is 1.23. The molecule has 1 aromatic carbocycles. The molecular formula is C15H12N2O4. The number of hydrogen-bond donors (Lipinski definition) is 1. The van der Waals surface area contributed by atoms with Gasteiger partial charge in [0.15, 0.2) is 0 Å². The molecule has 2 aromatic rings. The molecule has 0 aliphatic heterocycles. The van der Waals surface area contributed by atoms with E-state index in [0.717, 1.165) is 0 Å². The summed E-state index contributed by atoms with van der Waals surface area (Å²) in [4.78, 5) is 14.7. The molecule has 0 saturated heterocycles. The largest absolute Gasteiger partial charge is 0.496 e. The van der Waals surface area contributed by atoms with Crippen molar-refractivity contribution in [3.05, 3.63) is 53.3 Å². The number of nitriles is 1. The van der Waals surface area contributed by atoms with Crippen LogP contribution in [-0.4, -0.2) is 23.2 Å². The molecule has 0 amide bonds. The molecule has 0 atom stereocenters. The summed E-state index contributed by atoms with van der Waals surface area (Å²) in [6.45, 7) is 0.142. The van der Waals surface area contributed by atoms with Crippen LogP contribution in [0.25, 0.3) is 0 Å². The summed E-state index contributed by atoms with van der Waals surface area (Å²) in [5, 5.41) is 17.8. The van der Waals surface area contributed by atoms with Crippen molar-refractivity contribution in [3.8, 4) is 17.6 Å². The van der Waals surface area contributed by atoms with Gasteiger partial charge in [0.1, 0.15) is 18.1 Å². The second kappa shape index (κ2) is 6.39. The van der Waals surface area contributed by atoms with E-state index in [4.69, 9.17) is 19.8 Å². The average Bonchev–Trinajstić information content (AvgIpc) is 2.52. The summed E-state index contributed by atoms with van der Waals surface area (Å²) >= 11 is 0. The smallest absolute Gasteiger partial charge is 0.337 e. The van der Waals surface area contributed by atoms with Crippen LogP contribution in [0.4, 0.5) is 0 Å². The van der Waals surface area contributed by atoms with Crippen molar-refractivity contribution in [2.45, 2.75) is 6.61 Å². The van der Waals surface area contributed by atoms with Gasteiger partial charge in [0, 0.05) is 11.8 Å². The maximum absolute atomic E-state index is 10.9. The van der Waals surface area contributed by atoms with Crippen LogP contribution >= 0.6 is 0 Å². The zero-order chi connectivity index (χ0) is 15.2. The van der Waals surface area contributed by atoms with E-state index in [1.165, 1.54) is 25.6 Å². The molecule has 0 unspecified atom stereocenters. The van der Waals surface area contributed by atoms with Crippen molar-refractivity contribution in [1.82, 2.24) is 4.98 Å². The Morgan fingerprint density at radius 1 is 1.38 bits per heavy atom. The Bertz CT molecular complexity index is 707. The van der Waals surface area contributed by atoms with E-state index in [-0.39, 0.29) is 12.2 Å². The maximum Gasteiger partial charge on any atom is 0.337 e. The number of carboxylic acids is 1. The van der Waals surface area contributed by atoms with Gasteiger partial charge >= 0.3 is 5.97 Å². The quantitative estimate of drug-likeness (QED) is 0.905. The number of benzene rings is 1. The lowest BCUT2D eigenvalue weighted by Crippen LogP contribution is -2.02. The van der Waals surface area contributed by atoms with Gasteiger partial charge in [-0.2, -0.15) is 5.26 Å². The van der Waals surface area contributed by atoms with E-state index < -0.39 is 5.97 Å². The Hall–Kier alpha value is -3.07. The molecular weight excluding hydrogens is 272 g/mol. The second-order valence-corrected chi connectivity index (χ2v) is 4.14. The Labute approximate surface area is 121 Å². The molecule has 1 heterocycles. The number of pyridine rings is 1. The number of rotatable bonds is 5. The highest BCUT2D eigenvalue weighted by atomic mass is 16.5. The van der Waals surface area contributed by atoms with Gasteiger partial charge in [0.2, 0.25) is 0 Å². The molecule has 0 bridgehead atoms. The van der Waals surface area contributed by atoms with Crippen LogP contribution in [0.1, 0.15) is 21.5 Å². The first-order chi connectivity index (χ1) is 10.1. The third-order valence-electron chi connectivity index (χ3n) is 2.76. The first kappa shape index (κ1) is 14.3. The van der Waals surface area contributed by atoms with Gasteiger partial charge in [-0.3, -0.25) is 4.98 Å². The lowest BCUT2D eigenvalue weighted by atomic mass is 10.1. The molecule has 0 aliphatic carbocycles. The summed E-state index contributed by atoms with van der Waals surface area (Å²) < 4.78 is 10.7. The van der Waals surface area contributed by atoms with Crippen LogP contribution < -0.4 is 9.47 Å². The van der Waals surface area contributed by atoms with Gasteiger partial charge in [-0.1, -0.05) is 0 Å². The molecule has 0 saturated carbocycles. The minimum Gasteiger partial charge on any atom is -0.496 e. The fourth-order valence-corrected chi connectivity index (χ4v) is 1.74. The third kappa shape index (κ3) is 3.48. The molecule has 1 N–H and O–H groups in total. The molecule has 106 valence electrons. The number of ether oxygens (including phenoxy) is 2. The van der Waals surface area contributed by atoms with E-state index in [9.17, 15) is 4.79 Å². The molecule has 21 heavy (non-hydrogen) atoms. The second-order valence-electron chi connectivity index (χ2n) is 4.14. The predicted molar refractivity (Wildman–Crippen MR) is 73.2 cm³/mol. The van der Waals surface area contributed by atoms with Gasteiger partial charge in [0.05, 0.1) is 30.5 Å². The van der Waals surface area contributed by atoms with Gasteiger partial charge in [0.25, 0.3) is 0 Å². The van der Waals surface area contributed by atoms with Gasteiger partial charge in [-0.15, -0.1) is 0 Å². The first-order valence-electron chi connectivity index (χ1n) is 6.02. The van der Waals surface area contributed by atoms with Crippen LogP contribution in [-0.2, 0) is 6.61 Å². The maximum atomic E-state index is 10.9. The van der Waals surface area contributed by atoms with Crippen molar-refractivity contribution < 1.29 is 19.4 Å². The van der Waals surface area contributed by atoms with E-state index in [1.54, 1.807) is 18.2 Å². The van der Waals surface area contributed by atoms with Gasteiger partial charge in [-0.05, 0) is 24.3 Å². The highest BCUT2D eigenvalue weighted by molar-refractivity contribution is 5.87. The van der Waals surface area contributed by atoms with Gasteiger partial charge < -0.3 is 14.6 Å². The SMILES string of the molecule is COc1ccc(C#N)cc1COc1cncc(C(=O)O)c1. The fraction of sp³-hybridized carbons (Fsp3) is 0.133. The molecule has 6 heteroatoms. The molecule has 0 fully saturated rings. The Kier molecular flexibility index (Phi) is 4.36. The summed E-state index contributed by atoms with van der Waals surface area (Å²) in [6, 6.07) is 8.42. The minimum absolute atomic E-state index is 0.0465. The first-order valence-corrected chi connectivity index (χ1v) is 6.02. The number of carbonyl (C=O) groups is 1. The topological polar surface area (TPSA) is 92.4 Å². The zero-order valence-electron chi connectivity index (χ0n) is 11.2. The normalized spacial score (nSPS) is 9.71. The monoisotopic (exact) mass is 284 g/mol. The Balaban J connectivity index is 2.18. The van der Waals surface area contributed by atoms with E-state index >= 15 is 0 Å². The number of carboxylic acid groups (broad SMARTS) is 1. The average molecular weight is 284 g/mol. The van der Waals surface area contributed by atoms with Crippen LogP contribution in [0.3, 0.4) is 0 Å². The molecule has 1 aromatic heterocycles. The third-order valence-corrected chi connectivity index (χ3v) is 2.76. The summed E-state index contributed by atoms with van der Waals surface area (Å²) in [5.74, 6) is -0.146. The van der Waals surface area contributed by atoms with E-state index in [1.807, 2.05) is 6.07 Å². The van der Waals surface area contributed by atoms with Crippen molar-refractivity contribution in [1.29, 1.82) is 5.26 Å². The van der Waals surface area contributed by atoms with Crippen molar-refractivity contribution in [2.24, 2.45) is 0 Å². The molecule has 2 rings (SSSR count). The Morgan fingerprint density at radius 2 is 2.19 bits per heavy atom. The summed E-state index contributed by atoms with van der Waals surface area (Å²) in [7, 11) is 1.53. The highest BCUT2D eigenvalue weighted by Gasteiger charge is 2.08. The van der Waals surface area contributed by atoms with Crippen LogP contribution in [0.5, 0.6) is 11.5 Å². The standard InChI is InChI=1S/C15H12N2O4/c1-20-14-3-2-10(6-16)4-12(14)9-21-13-5-11(15(18)19)7-17-8-13/h2-5,7-8H,9H2,1H3,(H,18,19). The van der Waals surface area contributed by atoms with Crippen LogP contribution in [0.15, 0.2) is 36.7 Å². The van der Waals surface area contributed by atoms with E-state index in [0.29, 0.717) is 22.6 Å². The highest BCUT2D eigenvalue weighted by Crippen LogP contribution is 2.22. The van der Waals surface area contributed by atoms with Crippen molar-refractivity contribution in [3.63, 3.8) is 0 Å². The summed E-state index contributed by atoms with van der Waals surface area (Å²) in [6.07, 6.45) is 2.67. The lowest BCUT2D eigenvalue weighted by molar-refractivity contribution is 0.0696. The number of aromatic carboxylic acids is 1. The number of aromatic nitrogens is 1. The molecule has 0 aliphatic rings. The van der Waals surface area contributed by atoms with E-state index in [2.05, 4.69) is 4.98 Å². The number of nitrogens with zero attached hydrogens (tertiary/aromatic N) is 2. The molecule has 0 spiro atoms. The Morgan fingerprint density at radius 3 is 2.86 bits per heavy atom. The molecule has 0 radical (unpaired) electrons. The van der Waals surface area contributed by atoms with Crippen molar-refractivity contribution in [2.75, 3.05) is 7.11 Å². The van der Waals surface area contributed by atoms with Gasteiger partial charge in [-0.25, -0.2) is 4.79 Å². The minimum atomic E-state index is -1.07. The van der Waals surface area contributed by atoms with Crippen LogP contribution in [0.2, 0.25) is 0 Å². The number of hydrogen-bond acceptors (Lipinski definition) is 5. The lowest BCUT2D eigenvalue weighted by Gasteiger charge is -2.10. The predicted octanol–water partition coefficient (Wildman–Crippen LogP) is 2.24. The molecule has 6 nitrogen and oxygen atoms in total. The zero-order valence-corrected chi connectivity index (χ0v) is 11.2. The van der Waals surface area contributed by atoms with Crippen molar-refractivity contribution >= 4 is 5.97 Å². The van der Waals surface area contributed by atoms with Crippen LogP contribution in [0, 0.1) is 11.3 Å².